The Morgan fingerprint density at radius 2 is 1.93 bits per heavy atom. The molecule has 0 bridgehead atoms. The highest BCUT2D eigenvalue weighted by Crippen LogP contribution is 2.04. The van der Waals surface area contributed by atoms with Crippen molar-refractivity contribution in [2.45, 2.75) is 19.3 Å². The minimum Gasteiger partial charge on any atom is -0.384 e. The molecule has 15 heavy (non-hydrogen) atoms. The first-order chi connectivity index (χ1) is 7.04. The Kier molecular flexibility index (Phi) is 8.69. The number of nitrogens with zero attached hydrogens (tertiary/aromatic N) is 1. The number of alkyl halides is 1. The van der Waals surface area contributed by atoms with E-state index in [1.54, 1.807) is 7.05 Å². The molecule has 92 valence electrons. The van der Waals surface area contributed by atoms with Crippen molar-refractivity contribution in [3.05, 3.63) is 0 Å². The van der Waals surface area contributed by atoms with Crippen LogP contribution in [0.25, 0.3) is 0 Å². The van der Waals surface area contributed by atoms with Gasteiger partial charge in [0, 0.05) is 26.0 Å². The van der Waals surface area contributed by atoms with Crippen LogP contribution in [0.15, 0.2) is 0 Å². The summed E-state index contributed by atoms with van der Waals surface area (Å²) >= 11 is 3.34. The normalized spacial score (nSPS) is 12.3. The Labute approximate surface area is 101 Å². The van der Waals surface area contributed by atoms with Gasteiger partial charge in [0.1, 0.15) is 0 Å². The molecular weight excluding hydrogens is 282 g/mol. The van der Waals surface area contributed by atoms with E-state index >= 15 is 0 Å². The lowest BCUT2D eigenvalue weighted by atomic mass is 10.2. The smallest absolute Gasteiger partial charge is 0.216 e. The predicted octanol–water partition coefficient (Wildman–Crippen LogP) is 1.46. The van der Waals surface area contributed by atoms with Gasteiger partial charge in [-0.25, -0.2) is 12.7 Å². The van der Waals surface area contributed by atoms with E-state index in [0.717, 1.165) is 24.6 Å². The van der Waals surface area contributed by atoms with E-state index in [1.807, 2.05) is 0 Å². The maximum absolute atomic E-state index is 11.6. The van der Waals surface area contributed by atoms with E-state index in [9.17, 15) is 8.42 Å². The van der Waals surface area contributed by atoms with Gasteiger partial charge in [0.25, 0.3) is 0 Å². The van der Waals surface area contributed by atoms with Gasteiger partial charge in [0.05, 0.1) is 12.4 Å². The fraction of sp³-hybridized carbons (Fsp3) is 1.00. The highest BCUT2D eigenvalue weighted by molar-refractivity contribution is 9.09. The number of sulfonamides is 1. The molecule has 0 aliphatic heterocycles. The minimum absolute atomic E-state index is 0.0679. The SMILES string of the molecule is COCCS(=O)(=O)N(C)CCCCCBr. The van der Waals surface area contributed by atoms with Crippen LogP contribution in [0, 0.1) is 0 Å². The molecular formula is C9H20BrNO3S. The summed E-state index contributed by atoms with van der Waals surface area (Å²) in [6, 6.07) is 0. The van der Waals surface area contributed by atoms with Crippen LogP contribution < -0.4 is 0 Å². The molecule has 0 rings (SSSR count). The molecule has 0 spiro atoms. The maximum Gasteiger partial charge on any atom is 0.216 e. The fourth-order valence-corrected chi connectivity index (χ4v) is 2.58. The number of unbranched alkanes of at least 4 members (excludes halogenated alkanes) is 2. The number of ether oxygens (including phenoxy) is 1. The monoisotopic (exact) mass is 301 g/mol. The zero-order chi connectivity index (χ0) is 11.7. The molecule has 0 atom stereocenters. The lowest BCUT2D eigenvalue weighted by molar-refractivity contribution is 0.215. The Morgan fingerprint density at radius 3 is 2.47 bits per heavy atom. The molecule has 0 aromatic carbocycles. The van der Waals surface area contributed by atoms with Gasteiger partial charge >= 0.3 is 0 Å². The van der Waals surface area contributed by atoms with Crippen molar-refractivity contribution in [2.24, 2.45) is 0 Å². The number of halogens is 1. The fourth-order valence-electron chi connectivity index (χ4n) is 1.09. The summed E-state index contributed by atoms with van der Waals surface area (Å²) in [7, 11) is 0.0166. The van der Waals surface area contributed by atoms with Crippen LogP contribution in [-0.4, -0.2) is 51.1 Å². The van der Waals surface area contributed by atoms with Crippen molar-refractivity contribution in [2.75, 3.05) is 38.4 Å². The molecule has 0 aromatic heterocycles. The quantitative estimate of drug-likeness (QED) is 0.478. The Hall–Kier alpha value is 0.350. The zero-order valence-electron chi connectivity index (χ0n) is 9.41. The molecule has 0 saturated heterocycles. The molecule has 0 aliphatic rings. The third-order valence-electron chi connectivity index (χ3n) is 2.13. The molecule has 4 nitrogen and oxygen atoms in total. The lowest BCUT2D eigenvalue weighted by Crippen LogP contribution is -2.31. The van der Waals surface area contributed by atoms with Crippen LogP contribution in [0.1, 0.15) is 19.3 Å². The summed E-state index contributed by atoms with van der Waals surface area (Å²) in [6.07, 6.45) is 3.05. The first-order valence-corrected chi connectivity index (χ1v) is 7.76. The van der Waals surface area contributed by atoms with E-state index in [2.05, 4.69) is 15.9 Å². The van der Waals surface area contributed by atoms with Crippen LogP contribution in [0.3, 0.4) is 0 Å². The number of hydrogen-bond acceptors (Lipinski definition) is 3. The van der Waals surface area contributed by atoms with Gasteiger partial charge in [-0.05, 0) is 12.8 Å². The van der Waals surface area contributed by atoms with Crippen LogP contribution in [0.4, 0.5) is 0 Å². The zero-order valence-corrected chi connectivity index (χ0v) is 11.8. The standard InChI is InChI=1S/C9H20BrNO3S/c1-11(7-5-3-4-6-10)15(12,13)9-8-14-2/h3-9H2,1-2H3. The molecule has 0 aromatic rings. The van der Waals surface area contributed by atoms with Crippen molar-refractivity contribution in [3.8, 4) is 0 Å². The van der Waals surface area contributed by atoms with E-state index in [-0.39, 0.29) is 12.4 Å². The van der Waals surface area contributed by atoms with Gasteiger partial charge in [-0.1, -0.05) is 22.4 Å². The second kappa shape index (κ2) is 8.50. The Morgan fingerprint density at radius 1 is 1.27 bits per heavy atom. The maximum atomic E-state index is 11.6. The number of rotatable bonds is 9. The van der Waals surface area contributed by atoms with E-state index < -0.39 is 10.0 Å². The third-order valence-corrected chi connectivity index (χ3v) is 4.50. The first-order valence-electron chi connectivity index (χ1n) is 5.03. The van der Waals surface area contributed by atoms with Crippen molar-refractivity contribution < 1.29 is 13.2 Å². The van der Waals surface area contributed by atoms with Gasteiger partial charge in [-0.15, -0.1) is 0 Å². The summed E-state index contributed by atoms with van der Waals surface area (Å²) < 4.78 is 29.4. The third kappa shape index (κ3) is 7.27. The van der Waals surface area contributed by atoms with Crippen molar-refractivity contribution >= 4 is 26.0 Å². The predicted molar refractivity (Wildman–Crippen MR) is 65.9 cm³/mol. The number of methoxy groups -OCH3 is 1. The molecule has 0 unspecified atom stereocenters. The Balaban J connectivity index is 3.81. The average molecular weight is 302 g/mol. The highest BCUT2D eigenvalue weighted by atomic mass is 79.9. The molecule has 0 saturated carbocycles. The van der Waals surface area contributed by atoms with Gasteiger partial charge in [0.15, 0.2) is 0 Å². The van der Waals surface area contributed by atoms with Gasteiger partial charge in [-0.3, -0.25) is 0 Å². The van der Waals surface area contributed by atoms with E-state index in [4.69, 9.17) is 4.74 Å². The van der Waals surface area contributed by atoms with E-state index in [1.165, 1.54) is 11.4 Å². The molecule has 0 heterocycles. The molecule has 0 aliphatic carbocycles. The largest absolute Gasteiger partial charge is 0.384 e. The summed E-state index contributed by atoms with van der Waals surface area (Å²) in [4.78, 5) is 0. The van der Waals surface area contributed by atoms with Crippen LogP contribution in [0.2, 0.25) is 0 Å². The number of hydrogen-bond donors (Lipinski definition) is 0. The van der Waals surface area contributed by atoms with Crippen LogP contribution >= 0.6 is 15.9 Å². The molecule has 6 heteroatoms. The summed E-state index contributed by atoms with van der Waals surface area (Å²) in [5.41, 5.74) is 0. The highest BCUT2D eigenvalue weighted by Gasteiger charge is 2.16. The van der Waals surface area contributed by atoms with Crippen molar-refractivity contribution in [3.63, 3.8) is 0 Å². The minimum atomic E-state index is -3.11. The average Bonchev–Trinajstić information content (AvgIpc) is 2.21. The first kappa shape index (κ1) is 15.3. The summed E-state index contributed by atoms with van der Waals surface area (Å²) in [5.74, 6) is 0.0679. The molecule has 0 amide bonds. The van der Waals surface area contributed by atoms with Crippen molar-refractivity contribution in [1.82, 2.24) is 4.31 Å². The summed E-state index contributed by atoms with van der Waals surface area (Å²) in [5, 5.41) is 0.979. The van der Waals surface area contributed by atoms with Crippen LogP contribution in [-0.2, 0) is 14.8 Å². The van der Waals surface area contributed by atoms with Gasteiger partial charge < -0.3 is 4.74 Å². The summed E-state index contributed by atoms with van der Waals surface area (Å²) in [6.45, 7) is 0.854. The van der Waals surface area contributed by atoms with Gasteiger partial charge in [0.2, 0.25) is 10.0 Å². The molecule has 0 N–H and O–H groups in total. The van der Waals surface area contributed by atoms with E-state index in [0.29, 0.717) is 6.54 Å². The van der Waals surface area contributed by atoms with Crippen LogP contribution in [0.5, 0.6) is 0 Å². The Bertz CT molecular complexity index is 244. The second-order valence-electron chi connectivity index (χ2n) is 3.38. The lowest BCUT2D eigenvalue weighted by Gasteiger charge is -2.16. The molecule has 0 fully saturated rings. The molecule has 0 radical (unpaired) electrons. The second-order valence-corrected chi connectivity index (χ2v) is 6.37. The van der Waals surface area contributed by atoms with Crippen molar-refractivity contribution in [1.29, 1.82) is 0 Å². The van der Waals surface area contributed by atoms with Gasteiger partial charge in [-0.2, -0.15) is 0 Å². The topological polar surface area (TPSA) is 46.6 Å².